The van der Waals surface area contributed by atoms with Crippen LogP contribution in [0.1, 0.15) is 64.1 Å². The maximum Gasteiger partial charge on any atom is 0.118 e. The first-order valence-electron chi connectivity index (χ1n) is 8.45. The molecule has 0 bridgehead atoms. The molecule has 0 aliphatic rings. The molecular weight excluding hydrogens is 294 g/mol. The Hall–Kier alpha value is -2.09. The van der Waals surface area contributed by atoms with Crippen molar-refractivity contribution in [2.45, 2.75) is 52.4 Å². The van der Waals surface area contributed by atoms with E-state index in [1.165, 1.54) is 5.56 Å². The number of hydrogen-bond acceptors (Lipinski definition) is 2. The van der Waals surface area contributed by atoms with Gasteiger partial charge < -0.3 is 4.74 Å². The molecule has 0 spiro atoms. The lowest BCUT2D eigenvalue weighted by molar-refractivity contribution is 0.415. The Bertz CT molecular complexity index is 681. The van der Waals surface area contributed by atoms with E-state index in [2.05, 4.69) is 78.0 Å². The SMILES string of the molecule is COc1ccc(/C=C/c2cc(C(C)(C)C)nc(C(C)(C)C)c2)cc1. The molecule has 1 heterocycles. The van der Waals surface area contributed by atoms with E-state index in [0.717, 1.165) is 22.7 Å². The molecule has 24 heavy (non-hydrogen) atoms. The number of aromatic nitrogens is 1. The maximum absolute atomic E-state index is 5.21. The average Bonchev–Trinajstić information content (AvgIpc) is 2.51. The highest BCUT2D eigenvalue weighted by molar-refractivity contribution is 5.70. The van der Waals surface area contributed by atoms with Crippen molar-refractivity contribution in [2.75, 3.05) is 7.11 Å². The number of pyridine rings is 1. The highest BCUT2D eigenvalue weighted by atomic mass is 16.5. The largest absolute Gasteiger partial charge is 0.497 e. The van der Waals surface area contributed by atoms with Crippen LogP contribution in [0.25, 0.3) is 12.2 Å². The molecule has 0 aliphatic heterocycles. The van der Waals surface area contributed by atoms with Crippen LogP contribution in [0.15, 0.2) is 36.4 Å². The van der Waals surface area contributed by atoms with Gasteiger partial charge in [0.15, 0.2) is 0 Å². The van der Waals surface area contributed by atoms with Crippen LogP contribution >= 0.6 is 0 Å². The van der Waals surface area contributed by atoms with Crippen LogP contribution in [0, 0.1) is 0 Å². The molecule has 0 saturated heterocycles. The van der Waals surface area contributed by atoms with Gasteiger partial charge in [-0.05, 0) is 35.4 Å². The van der Waals surface area contributed by atoms with Gasteiger partial charge in [0.25, 0.3) is 0 Å². The molecule has 2 aromatic rings. The van der Waals surface area contributed by atoms with Crippen LogP contribution in [0.5, 0.6) is 5.75 Å². The number of benzene rings is 1. The van der Waals surface area contributed by atoms with Crippen LogP contribution in [0.2, 0.25) is 0 Å². The molecule has 2 nitrogen and oxygen atoms in total. The van der Waals surface area contributed by atoms with Crippen LogP contribution in [-0.4, -0.2) is 12.1 Å². The summed E-state index contributed by atoms with van der Waals surface area (Å²) < 4.78 is 5.21. The molecule has 0 N–H and O–H groups in total. The van der Waals surface area contributed by atoms with Gasteiger partial charge in [-0.15, -0.1) is 0 Å². The molecular formula is C22H29NO. The zero-order valence-corrected chi connectivity index (χ0v) is 16.0. The van der Waals surface area contributed by atoms with Crippen molar-refractivity contribution < 1.29 is 4.74 Å². The minimum absolute atomic E-state index is 0.0317. The number of ether oxygens (including phenoxy) is 1. The van der Waals surface area contributed by atoms with Gasteiger partial charge in [0, 0.05) is 22.2 Å². The Labute approximate surface area is 146 Å². The third-order valence-electron chi connectivity index (χ3n) is 3.97. The summed E-state index contributed by atoms with van der Waals surface area (Å²) in [4.78, 5) is 4.90. The van der Waals surface area contributed by atoms with Crippen LogP contribution in [-0.2, 0) is 10.8 Å². The van der Waals surface area contributed by atoms with Gasteiger partial charge in [-0.25, -0.2) is 0 Å². The predicted molar refractivity (Wildman–Crippen MR) is 104 cm³/mol. The third-order valence-corrected chi connectivity index (χ3v) is 3.97. The first kappa shape index (κ1) is 18.3. The molecule has 0 amide bonds. The van der Waals surface area contributed by atoms with Crippen LogP contribution in [0.3, 0.4) is 0 Å². The number of rotatable bonds is 3. The minimum atomic E-state index is 0.0317. The smallest absolute Gasteiger partial charge is 0.118 e. The Balaban J connectivity index is 2.39. The normalized spacial score (nSPS) is 12.6. The summed E-state index contributed by atoms with van der Waals surface area (Å²) >= 11 is 0. The maximum atomic E-state index is 5.21. The summed E-state index contributed by atoms with van der Waals surface area (Å²) in [5.74, 6) is 0.876. The molecule has 0 aliphatic carbocycles. The Morgan fingerprint density at radius 1 is 0.750 bits per heavy atom. The number of methoxy groups -OCH3 is 1. The standard InChI is InChI=1S/C22H29NO/c1-21(2,3)19-14-17(15-20(23-19)22(4,5)6)9-8-16-10-12-18(24-7)13-11-16/h8-15H,1-7H3/b9-8+. The molecule has 2 heteroatoms. The van der Waals surface area contributed by atoms with E-state index in [-0.39, 0.29) is 10.8 Å². The highest BCUT2D eigenvalue weighted by Gasteiger charge is 2.21. The van der Waals surface area contributed by atoms with E-state index in [1.807, 2.05) is 12.1 Å². The fourth-order valence-corrected chi connectivity index (χ4v) is 2.32. The second-order valence-corrected chi connectivity index (χ2v) is 8.28. The topological polar surface area (TPSA) is 22.1 Å². The summed E-state index contributed by atoms with van der Waals surface area (Å²) in [6.07, 6.45) is 4.29. The molecule has 1 aromatic carbocycles. The molecule has 1 aromatic heterocycles. The second-order valence-electron chi connectivity index (χ2n) is 8.28. The highest BCUT2D eigenvalue weighted by Crippen LogP contribution is 2.28. The van der Waals surface area contributed by atoms with Gasteiger partial charge >= 0.3 is 0 Å². The average molecular weight is 323 g/mol. The zero-order valence-electron chi connectivity index (χ0n) is 16.0. The number of hydrogen-bond donors (Lipinski definition) is 0. The summed E-state index contributed by atoms with van der Waals surface area (Å²) in [7, 11) is 1.68. The fourth-order valence-electron chi connectivity index (χ4n) is 2.32. The lowest BCUT2D eigenvalue weighted by Gasteiger charge is -2.24. The second kappa shape index (κ2) is 6.80. The van der Waals surface area contributed by atoms with E-state index in [4.69, 9.17) is 9.72 Å². The summed E-state index contributed by atoms with van der Waals surface area (Å²) in [5, 5.41) is 0. The molecule has 128 valence electrons. The predicted octanol–water partition coefficient (Wildman–Crippen LogP) is 5.86. The van der Waals surface area contributed by atoms with Gasteiger partial charge in [-0.1, -0.05) is 65.8 Å². The summed E-state index contributed by atoms with van der Waals surface area (Å²) in [5.41, 5.74) is 4.67. The monoisotopic (exact) mass is 323 g/mol. The van der Waals surface area contributed by atoms with E-state index in [1.54, 1.807) is 7.11 Å². The third kappa shape index (κ3) is 4.70. The quantitative estimate of drug-likeness (QED) is 0.706. The minimum Gasteiger partial charge on any atom is -0.497 e. The Morgan fingerprint density at radius 3 is 1.62 bits per heavy atom. The fraction of sp³-hybridized carbons (Fsp3) is 0.409. The van der Waals surface area contributed by atoms with E-state index in [9.17, 15) is 0 Å². The molecule has 0 atom stereocenters. The summed E-state index contributed by atoms with van der Waals surface area (Å²) in [6.45, 7) is 13.2. The van der Waals surface area contributed by atoms with Crippen LogP contribution < -0.4 is 4.74 Å². The Morgan fingerprint density at radius 2 is 1.21 bits per heavy atom. The van der Waals surface area contributed by atoms with Gasteiger partial charge in [0.2, 0.25) is 0 Å². The van der Waals surface area contributed by atoms with Crippen molar-refractivity contribution in [1.82, 2.24) is 4.98 Å². The van der Waals surface area contributed by atoms with Gasteiger partial charge in [-0.2, -0.15) is 0 Å². The molecule has 0 saturated carbocycles. The van der Waals surface area contributed by atoms with E-state index >= 15 is 0 Å². The van der Waals surface area contributed by atoms with Crippen molar-refractivity contribution in [1.29, 1.82) is 0 Å². The number of nitrogens with zero attached hydrogens (tertiary/aromatic N) is 1. The zero-order chi connectivity index (χ0) is 18.0. The molecule has 0 unspecified atom stereocenters. The van der Waals surface area contributed by atoms with Gasteiger partial charge in [0.05, 0.1) is 7.11 Å². The van der Waals surface area contributed by atoms with Crippen molar-refractivity contribution in [3.8, 4) is 5.75 Å². The first-order valence-corrected chi connectivity index (χ1v) is 8.45. The lowest BCUT2D eigenvalue weighted by atomic mass is 9.86. The van der Waals surface area contributed by atoms with Gasteiger partial charge in [-0.3, -0.25) is 4.98 Å². The Kier molecular flexibility index (Phi) is 5.17. The lowest BCUT2D eigenvalue weighted by Crippen LogP contribution is -2.20. The molecule has 2 rings (SSSR count). The van der Waals surface area contributed by atoms with Crippen LogP contribution in [0.4, 0.5) is 0 Å². The van der Waals surface area contributed by atoms with Crippen molar-refractivity contribution in [3.63, 3.8) is 0 Å². The molecule has 0 radical (unpaired) electrons. The molecule has 0 fully saturated rings. The first-order chi connectivity index (χ1) is 11.1. The van der Waals surface area contributed by atoms with E-state index < -0.39 is 0 Å². The van der Waals surface area contributed by atoms with Crippen molar-refractivity contribution in [2.24, 2.45) is 0 Å². The van der Waals surface area contributed by atoms with E-state index in [0.29, 0.717) is 0 Å². The summed E-state index contributed by atoms with van der Waals surface area (Å²) in [6, 6.07) is 12.5. The van der Waals surface area contributed by atoms with Gasteiger partial charge in [0.1, 0.15) is 5.75 Å². The van der Waals surface area contributed by atoms with Crippen molar-refractivity contribution >= 4 is 12.2 Å². The van der Waals surface area contributed by atoms with Crippen molar-refractivity contribution in [3.05, 3.63) is 58.9 Å².